The molecule has 0 amide bonds. The lowest BCUT2D eigenvalue weighted by molar-refractivity contribution is 0.194. The van der Waals surface area contributed by atoms with Crippen LogP contribution in [0.2, 0.25) is 0 Å². The lowest BCUT2D eigenvalue weighted by atomic mass is 10.2. The van der Waals surface area contributed by atoms with Crippen molar-refractivity contribution in [2.24, 2.45) is 4.99 Å². The Hall–Kier alpha value is -1.67. The molecule has 0 atom stereocenters. The zero-order valence-electron chi connectivity index (χ0n) is 11.5. The summed E-state index contributed by atoms with van der Waals surface area (Å²) in [5.74, 6) is 0.752. The molecule has 4 nitrogen and oxygen atoms in total. The van der Waals surface area contributed by atoms with E-state index in [4.69, 9.17) is 10.00 Å². The van der Waals surface area contributed by atoms with Gasteiger partial charge in [-0.1, -0.05) is 37.7 Å². The maximum atomic E-state index is 8.65. The molecule has 0 saturated heterocycles. The third-order valence-corrected chi connectivity index (χ3v) is 3.23. The SMILES string of the molecule is CCC(CC)Oc1ccccc1N=C(NC#N)SC. The molecule has 0 aliphatic rings. The fourth-order valence-electron chi connectivity index (χ4n) is 1.57. The molecule has 0 aliphatic heterocycles. The Labute approximate surface area is 118 Å². The minimum absolute atomic E-state index is 0.193. The highest BCUT2D eigenvalue weighted by atomic mass is 32.2. The van der Waals surface area contributed by atoms with Gasteiger partial charge in [-0.25, -0.2) is 4.99 Å². The summed E-state index contributed by atoms with van der Waals surface area (Å²) < 4.78 is 5.94. The van der Waals surface area contributed by atoms with E-state index in [1.54, 1.807) is 0 Å². The predicted octanol–water partition coefficient (Wildman–Crippen LogP) is 3.68. The highest BCUT2D eigenvalue weighted by Crippen LogP contribution is 2.29. The molecule has 0 unspecified atom stereocenters. The van der Waals surface area contributed by atoms with Crippen LogP contribution in [0.5, 0.6) is 5.75 Å². The minimum Gasteiger partial charge on any atom is -0.488 e. The number of nitrogens with zero attached hydrogens (tertiary/aromatic N) is 2. The molecule has 102 valence electrons. The molecule has 0 heterocycles. The first-order valence-electron chi connectivity index (χ1n) is 6.28. The van der Waals surface area contributed by atoms with Crippen LogP contribution in [0.1, 0.15) is 26.7 Å². The van der Waals surface area contributed by atoms with Crippen LogP contribution in [0.15, 0.2) is 29.3 Å². The molecule has 1 aromatic rings. The van der Waals surface area contributed by atoms with Crippen molar-refractivity contribution in [2.45, 2.75) is 32.8 Å². The van der Waals surface area contributed by atoms with Crippen LogP contribution in [-0.2, 0) is 0 Å². The summed E-state index contributed by atoms with van der Waals surface area (Å²) in [6.45, 7) is 4.20. The number of ether oxygens (including phenoxy) is 1. The van der Waals surface area contributed by atoms with Crippen LogP contribution in [0.3, 0.4) is 0 Å². The first kappa shape index (κ1) is 15.4. The van der Waals surface area contributed by atoms with Crippen LogP contribution >= 0.6 is 11.8 Å². The fourth-order valence-corrected chi connectivity index (χ4v) is 1.90. The van der Waals surface area contributed by atoms with Crippen molar-refractivity contribution in [1.29, 1.82) is 5.26 Å². The summed E-state index contributed by atoms with van der Waals surface area (Å²) in [4.78, 5) is 4.41. The number of hydrogen-bond acceptors (Lipinski definition) is 4. The summed E-state index contributed by atoms with van der Waals surface area (Å²) in [6, 6.07) is 7.62. The van der Waals surface area contributed by atoms with Crippen LogP contribution < -0.4 is 10.1 Å². The Morgan fingerprint density at radius 3 is 2.68 bits per heavy atom. The maximum Gasteiger partial charge on any atom is 0.183 e. The van der Waals surface area contributed by atoms with E-state index in [1.165, 1.54) is 11.8 Å². The van der Waals surface area contributed by atoms with Gasteiger partial charge in [-0.05, 0) is 31.2 Å². The molecular weight excluding hydrogens is 258 g/mol. The highest BCUT2D eigenvalue weighted by molar-refractivity contribution is 8.13. The van der Waals surface area contributed by atoms with Crippen molar-refractivity contribution in [3.05, 3.63) is 24.3 Å². The minimum atomic E-state index is 0.193. The molecular formula is C14H19N3OS. The van der Waals surface area contributed by atoms with Gasteiger partial charge >= 0.3 is 0 Å². The van der Waals surface area contributed by atoms with Gasteiger partial charge in [-0.15, -0.1) is 0 Å². The van der Waals surface area contributed by atoms with Gasteiger partial charge in [-0.2, -0.15) is 5.26 Å². The van der Waals surface area contributed by atoms with E-state index in [1.807, 2.05) is 36.7 Å². The number of para-hydroxylation sites is 2. The number of nitrogens with one attached hydrogen (secondary N) is 1. The molecule has 0 bridgehead atoms. The molecule has 0 fully saturated rings. The fraction of sp³-hybridized carbons (Fsp3) is 0.429. The highest BCUT2D eigenvalue weighted by Gasteiger charge is 2.09. The van der Waals surface area contributed by atoms with Crippen molar-refractivity contribution in [3.63, 3.8) is 0 Å². The number of nitriles is 1. The number of amidine groups is 1. The molecule has 1 rings (SSSR count). The molecule has 0 aliphatic carbocycles. The Bertz CT molecular complexity index is 464. The molecule has 1 N–H and O–H groups in total. The second kappa shape index (κ2) is 8.44. The number of thioether (sulfide) groups is 1. The number of aliphatic imine (C=N–C) groups is 1. The quantitative estimate of drug-likeness (QED) is 0.386. The van der Waals surface area contributed by atoms with E-state index in [2.05, 4.69) is 24.2 Å². The summed E-state index contributed by atoms with van der Waals surface area (Å²) in [6.07, 6.45) is 5.86. The van der Waals surface area contributed by atoms with Crippen LogP contribution in [0.4, 0.5) is 5.69 Å². The van der Waals surface area contributed by atoms with Crippen molar-refractivity contribution >= 4 is 22.6 Å². The Morgan fingerprint density at radius 1 is 1.42 bits per heavy atom. The van der Waals surface area contributed by atoms with Gasteiger partial charge in [0.15, 0.2) is 11.4 Å². The van der Waals surface area contributed by atoms with Gasteiger partial charge in [0.2, 0.25) is 0 Å². The lowest BCUT2D eigenvalue weighted by Gasteiger charge is -2.17. The molecule has 19 heavy (non-hydrogen) atoms. The van der Waals surface area contributed by atoms with Crippen molar-refractivity contribution in [2.75, 3.05) is 6.26 Å². The van der Waals surface area contributed by atoms with Gasteiger partial charge in [-0.3, -0.25) is 5.32 Å². The van der Waals surface area contributed by atoms with E-state index in [-0.39, 0.29) is 6.10 Å². The van der Waals surface area contributed by atoms with Gasteiger partial charge in [0.1, 0.15) is 11.4 Å². The summed E-state index contributed by atoms with van der Waals surface area (Å²) in [7, 11) is 0. The average Bonchev–Trinajstić information content (AvgIpc) is 2.45. The Balaban J connectivity index is 2.98. The van der Waals surface area contributed by atoms with Gasteiger partial charge in [0.05, 0.1) is 6.10 Å². The summed E-state index contributed by atoms with van der Waals surface area (Å²) in [5.41, 5.74) is 0.738. The average molecular weight is 277 g/mol. The third-order valence-electron chi connectivity index (χ3n) is 2.65. The maximum absolute atomic E-state index is 8.65. The first-order valence-corrected chi connectivity index (χ1v) is 7.51. The number of benzene rings is 1. The standard InChI is InChI=1S/C14H19N3OS/c1-4-11(5-2)18-13-9-7-6-8-12(13)17-14(19-3)16-10-15/h6-9,11H,4-5H2,1-3H3,(H,16,17). The van der Waals surface area contributed by atoms with Crippen LogP contribution in [0.25, 0.3) is 0 Å². The van der Waals surface area contributed by atoms with Crippen molar-refractivity contribution in [3.8, 4) is 11.9 Å². The van der Waals surface area contributed by atoms with E-state index in [0.29, 0.717) is 5.17 Å². The summed E-state index contributed by atoms with van der Waals surface area (Å²) >= 11 is 1.39. The first-order chi connectivity index (χ1) is 9.24. The summed E-state index contributed by atoms with van der Waals surface area (Å²) in [5, 5.41) is 11.8. The zero-order valence-corrected chi connectivity index (χ0v) is 12.3. The third kappa shape index (κ3) is 4.84. The molecule has 5 heteroatoms. The van der Waals surface area contributed by atoms with Gasteiger partial charge < -0.3 is 4.74 Å². The molecule has 1 aromatic carbocycles. The van der Waals surface area contributed by atoms with Gasteiger partial charge in [0.25, 0.3) is 0 Å². The largest absolute Gasteiger partial charge is 0.488 e. The predicted molar refractivity (Wildman–Crippen MR) is 80.8 cm³/mol. The number of rotatable bonds is 5. The monoisotopic (exact) mass is 277 g/mol. The van der Waals surface area contributed by atoms with Crippen molar-refractivity contribution in [1.82, 2.24) is 5.32 Å². The molecule has 0 saturated carbocycles. The van der Waals surface area contributed by atoms with Crippen LogP contribution in [-0.4, -0.2) is 17.5 Å². The molecule has 0 radical (unpaired) electrons. The normalized spacial score (nSPS) is 11.2. The van der Waals surface area contributed by atoms with E-state index in [9.17, 15) is 0 Å². The topological polar surface area (TPSA) is 57.4 Å². The van der Waals surface area contributed by atoms with E-state index in [0.717, 1.165) is 24.3 Å². The molecule has 0 spiro atoms. The zero-order chi connectivity index (χ0) is 14.1. The van der Waals surface area contributed by atoms with Crippen molar-refractivity contribution < 1.29 is 4.74 Å². The second-order valence-corrected chi connectivity index (χ2v) is 4.68. The lowest BCUT2D eigenvalue weighted by Crippen LogP contribution is -2.14. The number of hydrogen-bond donors (Lipinski definition) is 1. The molecule has 0 aromatic heterocycles. The van der Waals surface area contributed by atoms with Gasteiger partial charge in [0, 0.05) is 0 Å². The Morgan fingerprint density at radius 2 is 2.11 bits per heavy atom. The van der Waals surface area contributed by atoms with Crippen LogP contribution in [0, 0.1) is 11.5 Å². The smallest absolute Gasteiger partial charge is 0.183 e. The van der Waals surface area contributed by atoms with E-state index >= 15 is 0 Å². The second-order valence-electron chi connectivity index (χ2n) is 3.88. The van der Waals surface area contributed by atoms with E-state index < -0.39 is 0 Å². The Kier molecular flexibility index (Phi) is 6.83.